The summed E-state index contributed by atoms with van der Waals surface area (Å²) >= 11 is 0. The standard InChI is InChI=1S/C11H18NO/c1-10(2)5-4-6-11(3,7-10)8-12-9-13/h4H,5-8H2,1-3H3. The van der Waals surface area contributed by atoms with E-state index in [1.54, 1.807) is 6.08 Å². The van der Waals surface area contributed by atoms with Crippen molar-refractivity contribution in [1.82, 2.24) is 0 Å². The van der Waals surface area contributed by atoms with Crippen LogP contribution in [-0.2, 0) is 4.79 Å². The zero-order chi connectivity index (χ0) is 9.95. The number of hydrogen-bond donors (Lipinski definition) is 0. The molecular weight excluding hydrogens is 162 g/mol. The lowest BCUT2D eigenvalue weighted by molar-refractivity contribution is 0.140. The summed E-state index contributed by atoms with van der Waals surface area (Å²) in [6.07, 6.45) is 7.34. The second-order valence-corrected chi connectivity index (χ2v) is 5.26. The van der Waals surface area contributed by atoms with Gasteiger partial charge in [-0.3, -0.25) is 0 Å². The Labute approximate surface area is 80.4 Å². The maximum Gasteiger partial charge on any atom is 0.234 e. The van der Waals surface area contributed by atoms with Crippen molar-refractivity contribution >= 4 is 6.08 Å². The molecule has 1 aliphatic carbocycles. The van der Waals surface area contributed by atoms with Crippen LogP contribution in [0, 0.1) is 17.3 Å². The van der Waals surface area contributed by atoms with Crippen LogP contribution in [0.4, 0.5) is 0 Å². The number of carbonyl (C=O) groups excluding carboxylic acids is 1. The van der Waals surface area contributed by atoms with E-state index in [4.69, 9.17) is 0 Å². The van der Waals surface area contributed by atoms with Crippen molar-refractivity contribution in [2.24, 2.45) is 15.8 Å². The van der Waals surface area contributed by atoms with Crippen molar-refractivity contribution in [2.45, 2.75) is 40.0 Å². The van der Waals surface area contributed by atoms with E-state index in [9.17, 15) is 4.79 Å². The molecule has 1 fully saturated rings. The molecular formula is C11H18NO. The van der Waals surface area contributed by atoms with Crippen molar-refractivity contribution in [3.05, 3.63) is 6.42 Å². The second-order valence-electron chi connectivity index (χ2n) is 5.26. The van der Waals surface area contributed by atoms with Gasteiger partial charge in [0.1, 0.15) is 0 Å². The van der Waals surface area contributed by atoms with Crippen LogP contribution >= 0.6 is 0 Å². The Balaban J connectivity index is 2.62. The van der Waals surface area contributed by atoms with Gasteiger partial charge in [0.15, 0.2) is 0 Å². The molecule has 0 aliphatic heterocycles. The smallest absolute Gasteiger partial charge is 0.211 e. The molecule has 2 heteroatoms. The van der Waals surface area contributed by atoms with E-state index < -0.39 is 0 Å². The average molecular weight is 180 g/mol. The Kier molecular flexibility index (Phi) is 2.92. The van der Waals surface area contributed by atoms with Crippen LogP contribution in [0.1, 0.15) is 40.0 Å². The van der Waals surface area contributed by atoms with Gasteiger partial charge in [0.2, 0.25) is 6.08 Å². The summed E-state index contributed by atoms with van der Waals surface area (Å²) in [6, 6.07) is 0. The van der Waals surface area contributed by atoms with Crippen molar-refractivity contribution in [3.8, 4) is 0 Å². The first-order chi connectivity index (χ1) is 5.97. The molecule has 13 heavy (non-hydrogen) atoms. The highest BCUT2D eigenvalue weighted by atomic mass is 16.1. The Morgan fingerprint density at radius 2 is 2.08 bits per heavy atom. The number of nitrogens with zero attached hydrogens (tertiary/aromatic N) is 1. The summed E-state index contributed by atoms with van der Waals surface area (Å²) < 4.78 is 0. The van der Waals surface area contributed by atoms with Gasteiger partial charge in [-0.25, -0.2) is 9.79 Å². The SMILES string of the molecule is CC1(C)C[CH]CC(C)(CN=C=O)C1. The Morgan fingerprint density at radius 3 is 2.62 bits per heavy atom. The lowest BCUT2D eigenvalue weighted by atomic mass is 9.64. The van der Waals surface area contributed by atoms with Gasteiger partial charge in [-0.2, -0.15) is 0 Å². The largest absolute Gasteiger partial charge is 0.234 e. The quantitative estimate of drug-likeness (QED) is 0.474. The zero-order valence-corrected chi connectivity index (χ0v) is 8.76. The third-order valence-electron chi connectivity index (χ3n) is 2.76. The minimum atomic E-state index is 0.180. The molecule has 0 bridgehead atoms. The maximum atomic E-state index is 10.0. The van der Waals surface area contributed by atoms with Gasteiger partial charge in [0.25, 0.3) is 0 Å². The van der Waals surface area contributed by atoms with Gasteiger partial charge in [-0.15, -0.1) is 0 Å². The van der Waals surface area contributed by atoms with Crippen LogP contribution in [0.2, 0.25) is 0 Å². The van der Waals surface area contributed by atoms with Crippen molar-refractivity contribution in [1.29, 1.82) is 0 Å². The van der Waals surface area contributed by atoms with Crippen molar-refractivity contribution in [3.63, 3.8) is 0 Å². The molecule has 0 aromatic heterocycles. The van der Waals surface area contributed by atoms with E-state index in [1.807, 2.05) is 0 Å². The highest BCUT2D eigenvalue weighted by Crippen LogP contribution is 2.45. The molecule has 1 unspecified atom stereocenters. The molecule has 1 rings (SSSR count). The fourth-order valence-electron chi connectivity index (χ4n) is 2.45. The van der Waals surface area contributed by atoms with Crippen LogP contribution in [0.25, 0.3) is 0 Å². The molecule has 0 heterocycles. The monoisotopic (exact) mass is 180 g/mol. The summed E-state index contributed by atoms with van der Waals surface area (Å²) in [6.45, 7) is 7.36. The summed E-state index contributed by atoms with van der Waals surface area (Å²) in [7, 11) is 0. The van der Waals surface area contributed by atoms with Gasteiger partial charge >= 0.3 is 0 Å². The number of rotatable bonds is 2. The lowest BCUT2D eigenvalue weighted by Gasteiger charge is -2.41. The Bertz CT molecular complexity index is 228. The normalized spacial score (nSPS) is 32.2. The van der Waals surface area contributed by atoms with E-state index in [2.05, 4.69) is 32.2 Å². The number of aliphatic imine (C=N–C) groups is 1. The number of isocyanates is 1. The molecule has 0 saturated heterocycles. The minimum absolute atomic E-state index is 0.180. The van der Waals surface area contributed by atoms with Crippen LogP contribution in [0.15, 0.2) is 4.99 Å². The van der Waals surface area contributed by atoms with Crippen LogP contribution in [0.3, 0.4) is 0 Å². The highest BCUT2D eigenvalue weighted by Gasteiger charge is 2.36. The molecule has 0 spiro atoms. The summed E-state index contributed by atoms with van der Waals surface area (Å²) in [4.78, 5) is 13.8. The molecule has 2 nitrogen and oxygen atoms in total. The van der Waals surface area contributed by atoms with Gasteiger partial charge < -0.3 is 0 Å². The van der Waals surface area contributed by atoms with Gasteiger partial charge in [-0.05, 0) is 36.5 Å². The lowest BCUT2D eigenvalue weighted by Crippen LogP contribution is -2.33. The van der Waals surface area contributed by atoms with Gasteiger partial charge in [0.05, 0.1) is 6.54 Å². The molecule has 0 N–H and O–H groups in total. The van der Waals surface area contributed by atoms with Crippen LogP contribution in [-0.4, -0.2) is 12.6 Å². The number of hydrogen-bond acceptors (Lipinski definition) is 2. The van der Waals surface area contributed by atoms with E-state index >= 15 is 0 Å². The first-order valence-corrected chi connectivity index (χ1v) is 4.83. The van der Waals surface area contributed by atoms with Gasteiger partial charge in [-0.1, -0.05) is 20.8 Å². The summed E-state index contributed by atoms with van der Waals surface area (Å²) in [5.41, 5.74) is 0.546. The minimum Gasteiger partial charge on any atom is -0.211 e. The van der Waals surface area contributed by atoms with E-state index in [0.29, 0.717) is 12.0 Å². The predicted molar refractivity (Wildman–Crippen MR) is 53.0 cm³/mol. The molecule has 73 valence electrons. The topological polar surface area (TPSA) is 29.4 Å². The maximum absolute atomic E-state index is 10.0. The third kappa shape index (κ3) is 2.96. The second kappa shape index (κ2) is 3.63. The molecule has 0 amide bonds. The third-order valence-corrected chi connectivity index (χ3v) is 2.76. The summed E-state index contributed by atoms with van der Waals surface area (Å²) in [5.74, 6) is 0. The molecule has 1 radical (unpaired) electrons. The van der Waals surface area contributed by atoms with E-state index in [-0.39, 0.29) is 5.41 Å². The predicted octanol–water partition coefficient (Wildman–Crippen LogP) is 2.74. The first kappa shape index (κ1) is 10.5. The fourth-order valence-corrected chi connectivity index (χ4v) is 2.45. The van der Waals surface area contributed by atoms with E-state index in [0.717, 1.165) is 12.8 Å². The highest BCUT2D eigenvalue weighted by molar-refractivity contribution is 5.33. The first-order valence-electron chi connectivity index (χ1n) is 4.83. The Hall–Kier alpha value is -0.620. The molecule has 1 saturated carbocycles. The fraction of sp³-hybridized carbons (Fsp3) is 0.818. The van der Waals surface area contributed by atoms with Crippen LogP contribution in [0.5, 0.6) is 0 Å². The zero-order valence-electron chi connectivity index (χ0n) is 8.76. The molecule has 1 aliphatic rings. The van der Waals surface area contributed by atoms with Crippen molar-refractivity contribution < 1.29 is 4.79 Å². The average Bonchev–Trinajstić information content (AvgIpc) is 1.98. The van der Waals surface area contributed by atoms with Crippen LogP contribution < -0.4 is 0 Å². The molecule has 0 aromatic carbocycles. The van der Waals surface area contributed by atoms with E-state index in [1.165, 1.54) is 6.42 Å². The summed E-state index contributed by atoms with van der Waals surface area (Å²) in [5, 5.41) is 0. The Morgan fingerprint density at radius 1 is 1.38 bits per heavy atom. The molecule has 0 aromatic rings. The van der Waals surface area contributed by atoms with Gasteiger partial charge in [0, 0.05) is 0 Å². The molecule has 1 atom stereocenters. The van der Waals surface area contributed by atoms with Crippen molar-refractivity contribution in [2.75, 3.05) is 6.54 Å².